The monoisotopic (exact) mass is 302 g/mol. The Hall–Kier alpha value is -1.78. The molecule has 5 nitrogen and oxygen atoms in total. The molecular formula is C17H22N2O3. The average molecular weight is 302 g/mol. The normalized spacial score (nSPS) is 35.4. The van der Waals surface area contributed by atoms with E-state index in [0.717, 1.165) is 37.0 Å². The quantitative estimate of drug-likeness (QED) is 0.681. The average Bonchev–Trinajstić information content (AvgIpc) is 2.44. The summed E-state index contributed by atoms with van der Waals surface area (Å²) in [5.41, 5.74) is -0.000676. The zero-order valence-electron chi connectivity index (χ0n) is 12.7. The van der Waals surface area contributed by atoms with Crippen LogP contribution < -0.4 is 14.8 Å². The van der Waals surface area contributed by atoms with Gasteiger partial charge in [-0.3, -0.25) is 4.79 Å². The lowest BCUT2D eigenvalue weighted by Crippen LogP contribution is -2.60. The van der Waals surface area contributed by atoms with Gasteiger partial charge < -0.3 is 15.3 Å². The molecular weight excluding hydrogens is 280 g/mol. The summed E-state index contributed by atoms with van der Waals surface area (Å²) in [7, 11) is 0. The second kappa shape index (κ2) is 5.14. The number of aromatic nitrogens is 1. The highest BCUT2D eigenvalue weighted by Crippen LogP contribution is 2.55. The number of hydrogen-bond acceptors (Lipinski definition) is 3. The van der Waals surface area contributed by atoms with E-state index in [4.69, 9.17) is 4.74 Å². The van der Waals surface area contributed by atoms with Crippen molar-refractivity contribution in [3.05, 3.63) is 29.6 Å². The van der Waals surface area contributed by atoms with Crippen LogP contribution in [0.25, 0.3) is 0 Å². The lowest BCUT2D eigenvalue weighted by molar-refractivity contribution is -0.612. The maximum Gasteiger partial charge on any atom is 0.379 e. The molecule has 4 fully saturated rings. The second-order valence-corrected chi connectivity index (χ2v) is 7.40. The molecule has 5 rings (SSSR count). The third-order valence-electron chi connectivity index (χ3n) is 5.58. The van der Waals surface area contributed by atoms with E-state index in [9.17, 15) is 10.0 Å². The molecule has 1 amide bonds. The van der Waals surface area contributed by atoms with Crippen molar-refractivity contribution in [3.8, 4) is 5.88 Å². The summed E-state index contributed by atoms with van der Waals surface area (Å²) in [6, 6.07) is 4.93. The highest BCUT2D eigenvalue weighted by atomic mass is 16.6. The van der Waals surface area contributed by atoms with Gasteiger partial charge in [0.25, 0.3) is 5.91 Å². The Balaban J connectivity index is 1.37. The topological polar surface area (TPSA) is 65.3 Å². The molecule has 118 valence electrons. The third-order valence-corrected chi connectivity index (χ3v) is 5.58. The highest BCUT2D eigenvalue weighted by molar-refractivity contribution is 5.78. The molecule has 0 saturated heterocycles. The molecule has 1 heterocycles. The first kappa shape index (κ1) is 13.9. The number of amides is 1. The van der Waals surface area contributed by atoms with Gasteiger partial charge in [0.2, 0.25) is 0 Å². The SMILES string of the molecule is O=C(COc1cccc[n+]1[O-])NC12CC3CC(CC(C3)C1)C2. The molecule has 1 N–H and O–H groups in total. The van der Waals surface area contributed by atoms with E-state index in [0.29, 0.717) is 4.73 Å². The number of pyridine rings is 1. The van der Waals surface area contributed by atoms with E-state index in [2.05, 4.69) is 5.32 Å². The molecule has 1 aromatic rings. The van der Waals surface area contributed by atoms with Gasteiger partial charge in [-0.05, 0) is 62.3 Å². The molecule has 0 unspecified atom stereocenters. The minimum atomic E-state index is -0.106. The number of ether oxygens (including phenoxy) is 1. The summed E-state index contributed by atoms with van der Waals surface area (Å²) >= 11 is 0. The maximum absolute atomic E-state index is 12.3. The lowest BCUT2D eigenvalue weighted by Gasteiger charge is -2.56. The van der Waals surface area contributed by atoms with Gasteiger partial charge in [0.1, 0.15) is 0 Å². The zero-order valence-corrected chi connectivity index (χ0v) is 12.7. The molecule has 4 aliphatic rings. The Morgan fingerprint density at radius 1 is 1.23 bits per heavy atom. The van der Waals surface area contributed by atoms with Crippen molar-refractivity contribution in [2.75, 3.05) is 6.61 Å². The second-order valence-electron chi connectivity index (χ2n) is 7.40. The smallest absolute Gasteiger partial charge is 0.379 e. The molecule has 0 spiro atoms. The van der Waals surface area contributed by atoms with Crippen LogP contribution in [0.3, 0.4) is 0 Å². The fraction of sp³-hybridized carbons (Fsp3) is 0.647. The van der Waals surface area contributed by atoms with Crippen molar-refractivity contribution in [3.63, 3.8) is 0 Å². The molecule has 0 radical (unpaired) electrons. The Kier molecular flexibility index (Phi) is 3.24. The molecule has 0 atom stereocenters. The lowest BCUT2D eigenvalue weighted by atomic mass is 9.53. The van der Waals surface area contributed by atoms with Crippen LogP contribution >= 0.6 is 0 Å². The van der Waals surface area contributed by atoms with Gasteiger partial charge in [0, 0.05) is 11.6 Å². The standard InChI is InChI=1S/C17H22N2O3/c20-15(11-22-16-3-1-2-4-19(16)21)18-17-8-12-5-13(9-17)7-14(6-12)10-17/h1-4,12-14H,5-11H2,(H,18,20). The fourth-order valence-electron chi connectivity index (χ4n) is 5.26. The third kappa shape index (κ3) is 2.53. The molecule has 4 aliphatic carbocycles. The largest absolute Gasteiger partial charge is 0.616 e. The zero-order chi connectivity index (χ0) is 15.2. The highest BCUT2D eigenvalue weighted by Gasteiger charge is 2.51. The molecule has 0 aliphatic heterocycles. The molecule has 5 heteroatoms. The molecule has 0 aromatic carbocycles. The Labute approximate surface area is 130 Å². The van der Waals surface area contributed by atoms with Crippen LogP contribution in [-0.2, 0) is 4.79 Å². The number of rotatable bonds is 4. The number of carbonyl (C=O) groups excluding carboxylic acids is 1. The number of hydrogen-bond donors (Lipinski definition) is 1. The maximum atomic E-state index is 12.3. The van der Waals surface area contributed by atoms with Crippen molar-refractivity contribution in [1.82, 2.24) is 5.32 Å². The van der Waals surface area contributed by atoms with Crippen LogP contribution in [-0.4, -0.2) is 18.1 Å². The summed E-state index contributed by atoms with van der Waals surface area (Å²) in [5, 5.41) is 14.7. The molecule has 4 saturated carbocycles. The van der Waals surface area contributed by atoms with Crippen molar-refractivity contribution in [2.45, 2.75) is 44.1 Å². The summed E-state index contributed by atoms with van der Waals surface area (Å²) in [6.45, 7) is -0.0893. The van der Waals surface area contributed by atoms with Crippen molar-refractivity contribution in [1.29, 1.82) is 0 Å². The fourth-order valence-corrected chi connectivity index (χ4v) is 5.26. The summed E-state index contributed by atoms with van der Waals surface area (Å²) in [5.74, 6) is 2.45. The van der Waals surface area contributed by atoms with Gasteiger partial charge in [-0.25, -0.2) is 0 Å². The first-order valence-corrected chi connectivity index (χ1v) is 8.24. The van der Waals surface area contributed by atoms with Gasteiger partial charge in [0.05, 0.1) is 6.07 Å². The van der Waals surface area contributed by atoms with Gasteiger partial charge in [-0.2, -0.15) is 0 Å². The summed E-state index contributed by atoms with van der Waals surface area (Å²) in [6.07, 6.45) is 8.79. The summed E-state index contributed by atoms with van der Waals surface area (Å²) in [4.78, 5) is 12.3. The summed E-state index contributed by atoms with van der Waals surface area (Å²) < 4.78 is 5.99. The van der Waals surface area contributed by atoms with E-state index < -0.39 is 0 Å². The van der Waals surface area contributed by atoms with E-state index in [1.165, 1.54) is 25.5 Å². The van der Waals surface area contributed by atoms with Crippen LogP contribution in [0.2, 0.25) is 0 Å². The number of nitrogens with zero attached hydrogens (tertiary/aromatic N) is 1. The molecule has 1 aromatic heterocycles. The first-order valence-electron chi connectivity index (χ1n) is 8.24. The van der Waals surface area contributed by atoms with E-state index in [-0.39, 0.29) is 23.9 Å². The van der Waals surface area contributed by atoms with Crippen molar-refractivity contribution >= 4 is 5.91 Å². The van der Waals surface area contributed by atoms with Crippen LogP contribution in [0, 0.1) is 23.0 Å². The molecule has 22 heavy (non-hydrogen) atoms. The molecule has 4 bridgehead atoms. The van der Waals surface area contributed by atoms with Crippen LogP contribution in [0.1, 0.15) is 38.5 Å². The van der Waals surface area contributed by atoms with E-state index in [1.54, 1.807) is 18.2 Å². The number of nitrogens with one attached hydrogen (secondary N) is 1. The van der Waals surface area contributed by atoms with Crippen LogP contribution in [0.4, 0.5) is 0 Å². The predicted molar refractivity (Wildman–Crippen MR) is 79.9 cm³/mol. The van der Waals surface area contributed by atoms with Crippen molar-refractivity contribution in [2.24, 2.45) is 17.8 Å². The van der Waals surface area contributed by atoms with E-state index in [1.807, 2.05) is 0 Å². The van der Waals surface area contributed by atoms with Crippen molar-refractivity contribution < 1.29 is 14.3 Å². The Morgan fingerprint density at radius 2 is 1.86 bits per heavy atom. The van der Waals surface area contributed by atoms with Gasteiger partial charge in [0.15, 0.2) is 12.8 Å². The van der Waals surface area contributed by atoms with E-state index >= 15 is 0 Å². The van der Waals surface area contributed by atoms with Crippen LogP contribution in [0.15, 0.2) is 24.4 Å². The number of carbonyl (C=O) groups is 1. The minimum absolute atomic E-state index is 0.000676. The van der Waals surface area contributed by atoms with Crippen LogP contribution in [0.5, 0.6) is 5.88 Å². The van der Waals surface area contributed by atoms with Gasteiger partial charge in [-0.15, -0.1) is 4.73 Å². The predicted octanol–water partition coefficient (Wildman–Crippen LogP) is 1.78. The van der Waals surface area contributed by atoms with Gasteiger partial charge >= 0.3 is 5.88 Å². The first-order chi connectivity index (χ1) is 10.6. The minimum Gasteiger partial charge on any atom is -0.616 e. The Morgan fingerprint density at radius 3 is 2.45 bits per heavy atom. The Bertz CT molecular complexity index is 552. The van der Waals surface area contributed by atoms with Gasteiger partial charge in [-0.1, -0.05) is 0 Å².